The fraction of sp³-hybridized carbons (Fsp3) is 0.588. The van der Waals surface area contributed by atoms with Gasteiger partial charge in [0.1, 0.15) is 10.7 Å². The maximum Gasteiger partial charge on any atom is 0.258 e. The van der Waals surface area contributed by atoms with Crippen LogP contribution in [0.2, 0.25) is 0 Å². The summed E-state index contributed by atoms with van der Waals surface area (Å²) in [7, 11) is 1.87. The minimum Gasteiger partial charge on any atom is -0.480 e. The highest BCUT2D eigenvalue weighted by molar-refractivity contribution is 7.09. The van der Waals surface area contributed by atoms with Crippen LogP contribution in [0.25, 0.3) is 0 Å². The monoisotopic (exact) mass is 348 g/mol. The second kappa shape index (κ2) is 6.55. The van der Waals surface area contributed by atoms with Crippen LogP contribution in [0, 0.1) is 20.8 Å². The SMILES string of the molecule is Cc1csc(C2(NC(=O)COc3c(C)nn(C)c3C)CCCC2)n1. The summed E-state index contributed by atoms with van der Waals surface area (Å²) in [6, 6.07) is 0. The van der Waals surface area contributed by atoms with E-state index in [4.69, 9.17) is 4.74 Å². The Balaban J connectivity index is 1.68. The number of ether oxygens (including phenoxy) is 1. The van der Waals surface area contributed by atoms with Crippen LogP contribution in [0.3, 0.4) is 0 Å². The average Bonchev–Trinajstić information content (AvgIpc) is 3.21. The van der Waals surface area contributed by atoms with Crippen molar-refractivity contribution in [3.05, 3.63) is 27.5 Å². The van der Waals surface area contributed by atoms with Gasteiger partial charge in [0, 0.05) is 18.1 Å². The van der Waals surface area contributed by atoms with E-state index in [9.17, 15) is 4.79 Å². The van der Waals surface area contributed by atoms with Gasteiger partial charge in [-0.05, 0) is 33.6 Å². The Kier molecular flexibility index (Phi) is 4.62. The summed E-state index contributed by atoms with van der Waals surface area (Å²) in [6.07, 6.45) is 4.11. The normalized spacial score (nSPS) is 16.3. The first kappa shape index (κ1) is 17.0. The molecular formula is C17H24N4O2S. The number of aromatic nitrogens is 3. The number of carbonyl (C=O) groups excluding carboxylic acids is 1. The molecule has 1 saturated carbocycles. The zero-order valence-electron chi connectivity index (χ0n) is 14.7. The average molecular weight is 348 g/mol. The molecule has 0 radical (unpaired) electrons. The van der Waals surface area contributed by atoms with Gasteiger partial charge in [-0.3, -0.25) is 9.48 Å². The molecule has 0 aromatic carbocycles. The smallest absolute Gasteiger partial charge is 0.258 e. The predicted octanol–water partition coefficient (Wildman–Crippen LogP) is 2.77. The van der Waals surface area contributed by atoms with Gasteiger partial charge >= 0.3 is 0 Å². The highest BCUT2D eigenvalue weighted by atomic mass is 32.1. The zero-order valence-corrected chi connectivity index (χ0v) is 15.5. The molecule has 1 aliphatic rings. The molecule has 7 heteroatoms. The molecule has 24 heavy (non-hydrogen) atoms. The van der Waals surface area contributed by atoms with Crippen molar-refractivity contribution in [3.63, 3.8) is 0 Å². The lowest BCUT2D eigenvalue weighted by Gasteiger charge is -2.28. The van der Waals surface area contributed by atoms with Gasteiger partial charge in [0.05, 0.1) is 11.2 Å². The van der Waals surface area contributed by atoms with Gasteiger partial charge in [-0.1, -0.05) is 12.8 Å². The fourth-order valence-corrected chi connectivity index (χ4v) is 4.36. The van der Waals surface area contributed by atoms with Gasteiger partial charge in [-0.15, -0.1) is 11.3 Å². The zero-order chi connectivity index (χ0) is 17.3. The lowest BCUT2D eigenvalue weighted by molar-refractivity contribution is -0.125. The molecule has 0 atom stereocenters. The summed E-state index contributed by atoms with van der Waals surface area (Å²) < 4.78 is 7.50. The first-order valence-electron chi connectivity index (χ1n) is 8.28. The van der Waals surface area contributed by atoms with Crippen molar-refractivity contribution in [2.24, 2.45) is 7.05 Å². The van der Waals surface area contributed by atoms with Gasteiger partial charge in [-0.25, -0.2) is 4.98 Å². The number of rotatable bonds is 5. The molecule has 0 saturated heterocycles. The highest BCUT2D eigenvalue weighted by Gasteiger charge is 2.39. The van der Waals surface area contributed by atoms with Crippen LogP contribution in [0.4, 0.5) is 0 Å². The van der Waals surface area contributed by atoms with Gasteiger partial charge in [0.2, 0.25) is 0 Å². The molecule has 0 aliphatic heterocycles. The van der Waals surface area contributed by atoms with E-state index in [1.54, 1.807) is 16.0 Å². The highest BCUT2D eigenvalue weighted by Crippen LogP contribution is 2.40. The summed E-state index contributed by atoms with van der Waals surface area (Å²) in [4.78, 5) is 17.1. The summed E-state index contributed by atoms with van der Waals surface area (Å²) in [5.41, 5.74) is 2.41. The maximum atomic E-state index is 12.5. The number of hydrogen-bond acceptors (Lipinski definition) is 5. The Bertz CT molecular complexity index is 744. The molecule has 130 valence electrons. The van der Waals surface area contributed by atoms with Crippen LogP contribution in [-0.4, -0.2) is 27.3 Å². The Morgan fingerprint density at radius 1 is 1.38 bits per heavy atom. The van der Waals surface area contributed by atoms with Crippen LogP contribution < -0.4 is 10.1 Å². The number of hydrogen-bond donors (Lipinski definition) is 1. The van der Waals surface area contributed by atoms with Crippen LogP contribution in [0.1, 0.15) is 47.8 Å². The van der Waals surface area contributed by atoms with E-state index in [0.29, 0.717) is 5.75 Å². The van der Waals surface area contributed by atoms with E-state index in [1.165, 1.54) is 0 Å². The lowest BCUT2D eigenvalue weighted by atomic mass is 9.98. The number of nitrogens with one attached hydrogen (secondary N) is 1. The lowest BCUT2D eigenvalue weighted by Crippen LogP contribution is -2.45. The number of carbonyl (C=O) groups is 1. The van der Waals surface area contributed by atoms with Crippen LogP contribution in [-0.2, 0) is 17.4 Å². The largest absolute Gasteiger partial charge is 0.480 e. The minimum absolute atomic E-state index is 0.000515. The summed E-state index contributed by atoms with van der Waals surface area (Å²) in [6.45, 7) is 5.81. The van der Waals surface area contributed by atoms with Gasteiger partial charge in [0.15, 0.2) is 12.4 Å². The quantitative estimate of drug-likeness (QED) is 0.902. The van der Waals surface area contributed by atoms with Gasteiger partial charge in [0.25, 0.3) is 5.91 Å². The van der Waals surface area contributed by atoms with E-state index >= 15 is 0 Å². The van der Waals surface area contributed by atoms with Crippen LogP contribution in [0.15, 0.2) is 5.38 Å². The molecule has 0 bridgehead atoms. The van der Waals surface area contributed by atoms with E-state index in [-0.39, 0.29) is 18.1 Å². The Labute approximate surface area is 146 Å². The molecule has 1 amide bonds. The van der Waals surface area contributed by atoms with Gasteiger partial charge in [-0.2, -0.15) is 5.10 Å². The molecule has 1 fully saturated rings. The second-order valence-corrected chi connectivity index (χ2v) is 7.40. The van der Waals surface area contributed by atoms with E-state index in [2.05, 4.69) is 15.4 Å². The van der Waals surface area contributed by atoms with E-state index in [1.807, 2.05) is 33.2 Å². The molecule has 2 aromatic heterocycles. The Morgan fingerprint density at radius 2 is 2.08 bits per heavy atom. The van der Waals surface area contributed by atoms with E-state index < -0.39 is 0 Å². The molecular weight excluding hydrogens is 324 g/mol. The van der Waals surface area contributed by atoms with Crippen molar-refractivity contribution < 1.29 is 9.53 Å². The standard InChI is InChI=1S/C17H24N4O2S/c1-11-10-24-16(18-11)17(7-5-6-8-17)19-14(22)9-23-15-12(2)20-21(4)13(15)3/h10H,5-9H2,1-4H3,(H,19,22). The second-order valence-electron chi connectivity index (χ2n) is 6.54. The molecule has 2 aromatic rings. The first-order valence-corrected chi connectivity index (χ1v) is 9.16. The van der Waals surface area contributed by atoms with Gasteiger partial charge < -0.3 is 10.1 Å². The maximum absolute atomic E-state index is 12.5. The number of amides is 1. The molecule has 2 heterocycles. The predicted molar refractivity (Wildman–Crippen MR) is 93.3 cm³/mol. The molecule has 1 aliphatic carbocycles. The number of thiazole rings is 1. The molecule has 0 spiro atoms. The third-order valence-electron chi connectivity index (χ3n) is 4.65. The Morgan fingerprint density at radius 3 is 2.62 bits per heavy atom. The first-order chi connectivity index (χ1) is 11.4. The summed E-state index contributed by atoms with van der Waals surface area (Å²) >= 11 is 1.63. The van der Waals surface area contributed by atoms with Crippen molar-refractivity contribution in [3.8, 4) is 5.75 Å². The van der Waals surface area contributed by atoms with Crippen molar-refractivity contribution in [2.45, 2.75) is 52.0 Å². The van der Waals surface area contributed by atoms with Crippen molar-refractivity contribution >= 4 is 17.2 Å². The van der Waals surface area contributed by atoms with E-state index in [0.717, 1.165) is 47.8 Å². The van der Waals surface area contributed by atoms with Crippen LogP contribution in [0.5, 0.6) is 5.75 Å². The topological polar surface area (TPSA) is 69.0 Å². The fourth-order valence-electron chi connectivity index (χ4n) is 3.35. The third kappa shape index (κ3) is 3.17. The van der Waals surface area contributed by atoms with Crippen molar-refractivity contribution in [1.29, 1.82) is 0 Å². The van der Waals surface area contributed by atoms with Crippen molar-refractivity contribution in [1.82, 2.24) is 20.1 Å². The molecule has 1 N–H and O–H groups in total. The minimum atomic E-state index is -0.321. The summed E-state index contributed by atoms with van der Waals surface area (Å²) in [5, 5.41) is 10.6. The summed E-state index contributed by atoms with van der Waals surface area (Å²) in [5.74, 6) is 0.589. The molecule has 0 unspecified atom stereocenters. The van der Waals surface area contributed by atoms with Crippen molar-refractivity contribution in [2.75, 3.05) is 6.61 Å². The Hall–Kier alpha value is -1.89. The number of aryl methyl sites for hydroxylation is 3. The number of nitrogens with zero attached hydrogens (tertiary/aromatic N) is 3. The molecule has 6 nitrogen and oxygen atoms in total. The third-order valence-corrected chi connectivity index (χ3v) is 5.82. The molecule has 3 rings (SSSR count). The van der Waals surface area contributed by atoms with Crippen LogP contribution >= 0.6 is 11.3 Å².